The van der Waals surface area contributed by atoms with Gasteiger partial charge in [-0.1, -0.05) is 56.1 Å². The molecule has 0 spiro atoms. The van der Waals surface area contributed by atoms with Crippen molar-refractivity contribution >= 4 is 43.8 Å². The summed E-state index contributed by atoms with van der Waals surface area (Å²) in [7, 11) is 0. The third-order valence-corrected chi connectivity index (χ3v) is 4.04. The van der Waals surface area contributed by atoms with Crippen molar-refractivity contribution in [3.63, 3.8) is 0 Å². The molecular weight excluding hydrogens is 476 g/mol. The quantitative estimate of drug-likeness (QED) is 0.309. The SMILES string of the molecule is CC(C)(Br)C(=O)Oc1ccc([C]c2ccc(OC(=O)C(C)(C)Br)cc2)cc1. The molecule has 0 fully saturated rings. The van der Waals surface area contributed by atoms with Gasteiger partial charge in [0, 0.05) is 0 Å². The Bertz CT molecular complexity index is 729. The normalized spacial score (nSPS) is 11.8. The molecule has 0 atom stereocenters. The number of carbonyl (C=O) groups excluding carboxylic acids is 2. The van der Waals surface area contributed by atoms with Gasteiger partial charge in [-0.15, -0.1) is 0 Å². The van der Waals surface area contributed by atoms with E-state index in [1.54, 1.807) is 52.0 Å². The van der Waals surface area contributed by atoms with Crippen molar-refractivity contribution in [3.8, 4) is 11.5 Å². The van der Waals surface area contributed by atoms with E-state index in [-0.39, 0.29) is 11.9 Å². The summed E-state index contributed by atoms with van der Waals surface area (Å²) in [6.07, 6.45) is 3.23. The number of benzene rings is 2. The Kier molecular flexibility index (Phi) is 6.87. The lowest BCUT2D eigenvalue weighted by atomic mass is 10.0. The van der Waals surface area contributed by atoms with Crippen molar-refractivity contribution < 1.29 is 19.1 Å². The molecule has 142 valence electrons. The van der Waals surface area contributed by atoms with Gasteiger partial charge in [-0.2, -0.15) is 0 Å². The lowest BCUT2D eigenvalue weighted by molar-refractivity contribution is -0.136. The van der Waals surface area contributed by atoms with Gasteiger partial charge in [-0.25, -0.2) is 0 Å². The lowest BCUT2D eigenvalue weighted by Crippen LogP contribution is -2.29. The summed E-state index contributed by atoms with van der Waals surface area (Å²) in [6.45, 7) is 6.91. The third-order valence-electron chi connectivity index (χ3n) is 3.39. The number of halogens is 2. The first-order valence-electron chi connectivity index (χ1n) is 8.25. The molecule has 2 aromatic rings. The minimum atomic E-state index is -0.737. The van der Waals surface area contributed by atoms with E-state index in [1.807, 2.05) is 24.3 Å². The average molecular weight is 496 g/mol. The van der Waals surface area contributed by atoms with Crippen LogP contribution in [0.5, 0.6) is 11.5 Å². The number of ether oxygens (including phenoxy) is 2. The van der Waals surface area contributed by atoms with Gasteiger partial charge in [0.05, 0.1) is 6.42 Å². The van der Waals surface area contributed by atoms with Crippen LogP contribution < -0.4 is 9.47 Å². The van der Waals surface area contributed by atoms with Gasteiger partial charge in [0.15, 0.2) is 0 Å². The number of hydrogen-bond acceptors (Lipinski definition) is 4. The predicted molar refractivity (Wildman–Crippen MR) is 112 cm³/mol. The summed E-state index contributed by atoms with van der Waals surface area (Å²) in [5, 5.41) is 0. The second-order valence-electron chi connectivity index (χ2n) is 6.90. The topological polar surface area (TPSA) is 52.6 Å². The highest BCUT2D eigenvalue weighted by Gasteiger charge is 2.26. The Morgan fingerprint density at radius 3 is 1.26 bits per heavy atom. The Balaban J connectivity index is 1.97. The summed E-state index contributed by atoms with van der Waals surface area (Å²) < 4.78 is 9.12. The summed E-state index contributed by atoms with van der Waals surface area (Å²) in [6, 6.07) is 14.1. The van der Waals surface area contributed by atoms with E-state index in [9.17, 15) is 9.59 Å². The molecule has 2 radical (unpaired) electrons. The molecule has 0 aromatic heterocycles. The van der Waals surface area contributed by atoms with E-state index < -0.39 is 8.65 Å². The third kappa shape index (κ3) is 6.78. The van der Waals surface area contributed by atoms with Gasteiger partial charge in [-0.3, -0.25) is 9.59 Å². The van der Waals surface area contributed by atoms with Crippen molar-refractivity contribution in [1.82, 2.24) is 0 Å². The van der Waals surface area contributed by atoms with Gasteiger partial charge in [0.1, 0.15) is 20.1 Å². The van der Waals surface area contributed by atoms with Crippen molar-refractivity contribution in [2.75, 3.05) is 0 Å². The molecule has 0 heterocycles. The number of hydrogen-bond donors (Lipinski definition) is 0. The largest absolute Gasteiger partial charge is 0.426 e. The molecule has 0 amide bonds. The summed E-state index contributed by atoms with van der Waals surface area (Å²) in [5.74, 6) is 0.218. The van der Waals surface area contributed by atoms with Crippen LogP contribution in [0.3, 0.4) is 0 Å². The van der Waals surface area contributed by atoms with Crippen LogP contribution in [0.4, 0.5) is 0 Å². The van der Waals surface area contributed by atoms with Crippen LogP contribution in [0.1, 0.15) is 38.8 Å². The number of rotatable bonds is 6. The standard InChI is InChI=1S/C21H20Br2O4/c1-20(2,22)18(24)26-16-9-5-14(6-10-16)13-15-7-11-17(12-8-15)27-19(25)21(3,4)23/h5-12H,1-4H3. The van der Waals surface area contributed by atoms with Gasteiger partial charge in [-0.05, 0) is 63.1 Å². The monoisotopic (exact) mass is 494 g/mol. The van der Waals surface area contributed by atoms with Crippen LogP contribution in [0, 0.1) is 6.42 Å². The van der Waals surface area contributed by atoms with E-state index >= 15 is 0 Å². The molecule has 2 aromatic carbocycles. The van der Waals surface area contributed by atoms with Crippen LogP contribution in [0.25, 0.3) is 0 Å². The van der Waals surface area contributed by atoms with E-state index in [4.69, 9.17) is 9.47 Å². The number of carbonyl (C=O) groups is 2. The van der Waals surface area contributed by atoms with E-state index in [1.165, 1.54) is 0 Å². The highest BCUT2D eigenvalue weighted by atomic mass is 79.9. The summed E-state index contributed by atoms with van der Waals surface area (Å²) in [5.41, 5.74) is 1.67. The maximum Gasteiger partial charge on any atom is 0.327 e. The highest BCUT2D eigenvalue weighted by molar-refractivity contribution is 9.10. The first-order valence-corrected chi connectivity index (χ1v) is 9.83. The molecule has 0 bridgehead atoms. The smallest absolute Gasteiger partial charge is 0.327 e. The fourth-order valence-electron chi connectivity index (χ4n) is 1.84. The molecule has 0 unspecified atom stereocenters. The van der Waals surface area contributed by atoms with Gasteiger partial charge < -0.3 is 9.47 Å². The van der Waals surface area contributed by atoms with E-state index in [0.717, 1.165) is 11.1 Å². The molecular formula is C21H20Br2O4. The maximum atomic E-state index is 11.9. The van der Waals surface area contributed by atoms with E-state index in [2.05, 4.69) is 38.3 Å². The summed E-state index contributed by atoms with van der Waals surface area (Å²) >= 11 is 6.54. The second-order valence-corrected chi connectivity index (χ2v) is 10.9. The van der Waals surface area contributed by atoms with Gasteiger partial charge in [0.2, 0.25) is 0 Å². The minimum absolute atomic E-state index is 0.361. The van der Waals surface area contributed by atoms with Crippen molar-refractivity contribution in [1.29, 1.82) is 0 Å². The van der Waals surface area contributed by atoms with Crippen molar-refractivity contribution in [3.05, 3.63) is 66.1 Å². The Morgan fingerprint density at radius 1 is 0.704 bits per heavy atom. The molecule has 0 aliphatic carbocycles. The Labute approximate surface area is 176 Å². The van der Waals surface area contributed by atoms with Crippen LogP contribution in [-0.4, -0.2) is 20.6 Å². The zero-order valence-corrected chi connectivity index (χ0v) is 18.7. The maximum absolute atomic E-state index is 11.9. The van der Waals surface area contributed by atoms with Gasteiger partial charge in [0.25, 0.3) is 0 Å². The zero-order chi connectivity index (χ0) is 20.2. The fraction of sp³-hybridized carbons (Fsp3) is 0.286. The minimum Gasteiger partial charge on any atom is -0.426 e. The molecule has 4 nitrogen and oxygen atoms in total. The van der Waals surface area contributed by atoms with Crippen LogP contribution in [-0.2, 0) is 9.59 Å². The van der Waals surface area contributed by atoms with Crippen LogP contribution in [0.2, 0.25) is 0 Å². The molecule has 0 saturated heterocycles. The van der Waals surface area contributed by atoms with Crippen LogP contribution in [0.15, 0.2) is 48.5 Å². The fourth-order valence-corrected chi connectivity index (χ4v) is 2.00. The molecule has 0 saturated carbocycles. The van der Waals surface area contributed by atoms with Gasteiger partial charge >= 0.3 is 11.9 Å². The van der Waals surface area contributed by atoms with Crippen molar-refractivity contribution in [2.45, 2.75) is 36.3 Å². The molecule has 27 heavy (non-hydrogen) atoms. The molecule has 0 aliphatic heterocycles. The van der Waals surface area contributed by atoms with Crippen LogP contribution >= 0.6 is 31.9 Å². The predicted octanol–water partition coefficient (Wildman–Crippen LogP) is 5.32. The average Bonchev–Trinajstić information content (AvgIpc) is 2.56. The molecule has 0 N–H and O–H groups in total. The summed E-state index contributed by atoms with van der Waals surface area (Å²) in [4.78, 5) is 23.7. The lowest BCUT2D eigenvalue weighted by Gasteiger charge is -2.15. The highest BCUT2D eigenvalue weighted by Crippen LogP contribution is 2.24. The first kappa shape index (κ1) is 21.6. The molecule has 0 aliphatic rings. The Hall–Kier alpha value is -1.66. The Morgan fingerprint density at radius 2 is 1.00 bits per heavy atom. The first-order chi connectivity index (χ1) is 12.4. The van der Waals surface area contributed by atoms with Crippen molar-refractivity contribution in [2.24, 2.45) is 0 Å². The number of alkyl halides is 2. The van der Waals surface area contributed by atoms with E-state index in [0.29, 0.717) is 11.5 Å². The molecule has 2 rings (SSSR count). The second kappa shape index (κ2) is 8.57. The molecule has 6 heteroatoms. The zero-order valence-electron chi connectivity index (χ0n) is 15.5. The number of esters is 2.